The van der Waals surface area contributed by atoms with Crippen LogP contribution in [0.1, 0.15) is 23.2 Å². The number of hydrogen-bond acceptors (Lipinski definition) is 7. The van der Waals surface area contributed by atoms with E-state index in [1.54, 1.807) is 6.92 Å². The molecule has 1 aliphatic rings. The van der Waals surface area contributed by atoms with Crippen molar-refractivity contribution in [3.8, 4) is 5.75 Å². The summed E-state index contributed by atoms with van der Waals surface area (Å²) in [4.78, 5) is 35.7. The molecule has 0 atom stereocenters. The average Bonchev–Trinajstić information content (AvgIpc) is 3.21. The van der Waals surface area contributed by atoms with E-state index in [0.717, 1.165) is 0 Å². The smallest absolute Gasteiger partial charge is 0.374 e. The van der Waals surface area contributed by atoms with Crippen LogP contribution < -0.4 is 15.4 Å². The highest BCUT2D eigenvalue weighted by Crippen LogP contribution is 2.16. The number of carbonyl (C=O) groups excluding carboxylic acids is 3. The maximum absolute atomic E-state index is 12.9. The first-order chi connectivity index (χ1) is 14.5. The number of halogens is 1. The Kier molecular flexibility index (Phi) is 6.68. The first kappa shape index (κ1) is 20.9. The van der Waals surface area contributed by atoms with Gasteiger partial charge in [0, 0.05) is 0 Å². The van der Waals surface area contributed by atoms with Gasteiger partial charge in [0.1, 0.15) is 30.5 Å². The lowest BCUT2D eigenvalue weighted by atomic mass is 10.2. The number of rotatable bonds is 8. The summed E-state index contributed by atoms with van der Waals surface area (Å²) in [6.45, 7) is 1.46. The molecule has 9 nitrogen and oxygen atoms in total. The van der Waals surface area contributed by atoms with Crippen molar-refractivity contribution in [2.75, 3.05) is 19.8 Å². The second-order valence-electron chi connectivity index (χ2n) is 6.07. The molecule has 0 fully saturated rings. The highest BCUT2D eigenvalue weighted by atomic mass is 19.1. The van der Waals surface area contributed by atoms with Crippen molar-refractivity contribution in [3.05, 3.63) is 65.0 Å². The maximum atomic E-state index is 12.9. The van der Waals surface area contributed by atoms with E-state index in [9.17, 15) is 18.8 Å². The number of furan rings is 1. The summed E-state index contributed by atoms with van der Waals surface area (Å²) in [5, 5.41) is 4.89. The molecule has 0 saturated carbocycles. The van der Waals surface area contributed by atoms with Gasteiger partial charge >= 0.3 is 18.0 Å². The predicted octanol–water partition coefficient (Wildman–Crippen LogP) is 2.28. The zero-order valence-corrected chi connectivity index (χ0v) is 16.0. The van der Waals surface area contributed by atoms with Gasteiger partial charge in [-0.3, -0.25) is 0 Å². The number of nitrogens with one attached hydrogen (secondary N) is 2. The lowest BCUT2D eigenvalue weighted by molar-refractivity contribution is -0.138. The van der Waals surface area contributed by atoms with Gasteiger partial charge in [0.2, 0.25) is 5.76 Å². The van der Waals surface area contributed by atoms with E-state index < -0.39 is 18.0 Å². The third-order valence-electron chi connectivity index (χ3n) is 3.98. The lowest BCUT2D eigenvalue weighted by Gasteiger charge is -2.20. The van der Waals surface area contributed by atoms with E-state index >= 15 is 0 Å². The molecule has 2 aromatic rings. The number of benzene rings is 1. The molecule has 0 saturated heterocycles. The Balaban J connectivity index is 1.58. The lowest BCUT2D eigenvalue weighted by Crippen LogP contribution is -2.45. The summed E-state index contributed by atoms with van der Waals surface area (Å²) >= 11 is 0. The van der Waals surface area contributed by atoms with Crippen molar-refractivity contribution in [1.82, 2.24) is 10.6 Å². The molecule has 2 amide bonds. The third kappa shape index (κ3) is 5.37. The average molecular weight is 418 g/mol. The Hall–Kier alpha value is -3.82. The van der Waals surface area contributed by atoms with Crippen LogP contribution in [0, 0.1) is 5.82 Å². The number of hydrogen-bond donors (Lipinski definition) is 2. The molecule has 0 unspecified atom stereocenters. The van der Waals surface area contributed by atoms with Crippen LogP contribution in [-0.4, -0.2) is 37.7 Å². The molecule has 0 aliphatic carbocycles. The molecule has 1 aromatic heterocycles. The van der Waals surface area contributed by atoms with Crippen LogP contribution >= 0.6 is 0 Å². The SMILES string of the molecule is CCOC(=O)C1=C(COC(=O)c2ccc(COc3ccc(F)cc3)o2)NC(=O)NC1. The van der Waals surface area contributed by atoms with Crippen LogP contribution in [0.5, 0.6) is 5.75 Å². The minimum atomic E-state index is -0.786. The summed E-state index contributed by atoms with van der Waals surface area (Å²) in [5.74, 6) is -1.06. The van der Waals surface area contributed by atoms with E-state index in [2.05, 4.69) is 10.6 Å². The molecule has 1 aromatic carbocycles. The molecule has 0 radical (unpaired) electrons. The van der Waals surface area contributed by atoms with Gasteiger partial charge in [-0.1, -0.05) is 0 Å². The normalized spacial score (nSPS) is 13.3. The van der Waals surface area contributed by atoms with Crippen molar-refractivity contribution in [2.45, 2.75) is 13.5 Å². The highest BCUT2D eigenvalue weighted by Gasteiger charge is 2.25. The van der Waals surface area contributed by atoms with Crippen LogP contribution in [0.25, 0.3) is 0 Å². The van der Waals surface area contributed by atoms with Gasteiger partial charge in [-0.15, -0.1) is 0 Å². The second-order valence-corrected chi connectivity index (χ2v) is 6.07. The second kappa shape index (κ2) is 9.59. The predicted molar refractivity (Wildman–Crippen MR) is 99.9 cm³/mol. The summed E-state index contributed by atoms with van der Waals surface area (Å²) in [5.41, 5.74) is 0.300. The highest BCUT2D eigenvalue weighted by molar-refractivity contribution is 5.94. The Morgan fingerprint density at radius 1 is 1.07 bits per heavy atom. The molecule has 2 N–H and O–H groups in total. The quantitative estimate of drug-likeness (QED) is 0.632. The number of amides is 2. The van der Waals surface area contributed by atoms with Gasteiger partial charge in [0.05, 0.1) is 24.4 Å². The number of urea groups is 1. The van der Waals surface area contributed by atoms with Gasteiger partial charge in [-0.25, -0.2) is 18.8 Å². The Bertz CT molecular complexity index is 966. The fraction of sp³-hybridized carbons (Fsp3) is 0.250. The summed E-state index contributed by atoms with van der Waals surface area (Å²) in [7, 11) is 0. The first-order valence-corrected chi connectivity index (χ1v) is 9.04. The van der Waals surface area contributed by atoms with E-state index in [0.29, 0.717) is 11.5 Å². The Labute approximate surface area is 170 Å². The fourth-order valence-electron chi connectivity index (χ4n) is 2.53. The van der Waals surface area contributed by atoms with Gasteiger partial charge < -0.3 is 29.3 Å². The standard InChI is InChI=1S/C20H19FN2O7/c1-2-27-18(24)15-9-22-20(26)23-16(15)11-29-19(25)17-8-7-14(30-17)10-28-13-5-3-12(21)4-6-13/h3-8H,2,9-11H2,1H3,(H2,22,23,26). The first-order valence-electron chi connectivity index (χ1n) is 9.04. The van der Waals surface area contributed by atoms with Gasteiger partial charge in [-0.2, -0.15) is 0 Å². The molecule has 158 valence electrons. The molecular formula is C20H19FN2O7. The summed E-state index contributed by atoms with van der Waals surface area (Å²) in [6, 6.07) is 7.89. The van der Waals surface area contributed by atoms with Crippen LogP contribution in [-0.2, 0) is 20.9 Å². The zero-order valence-electron chi connectivity index (χ0n) is 16.0. The van der Waals surface area contributed by atoms with Crippen LogP contribution in [0.2, 0.25) is 0 Å². The third-order valence-corrected chi connectivity index (χ3v) is 3.98. The largest absolute Gasteiger partial charge is 0.486 e. The van der Waals surface area contributed by atoms with E-state index in [1.165, 1.54) is 36.4 Å². The topological polar surface area (TPSA) is 116 Å². The maximum Gasteiger partial charge on any atom is 0.374 e. The monoisotopic (exact) mass is 418 g/mol. The number of esters is 2. The number of carbonyl (C=O) groups is 3. The van der Waals surface area contributed by atoms with Crippen molar-refractivity contribution in [3.63, 3.8) is 0 Å². The van der Waals surface area contributed by atoms with Crippen LogP contribution in [0.15, 0.2) is 52.1 Å². The fourth-order valence-corrected chi connectivity index (χ4v) is 2.53. The van der Waals surface area contributed by atoms with E-state index in [-0.39, 0.29) is 49.2 Å². The molecule has 1 aliphatic heterocycles. The van der Waals surface area contributed by atoms with Crippen molar-refractivity contribution in [1.29, 1.82) is 0 Å². The van der Waals surface area contributed by atoms with Crippen molar-refractivity contribution >= 4 is 18.0 Å². The number of ether oxygens (including phenoxy) is 3. The molecule has 2 heterocycles. The van der Waals surface area contributed by atoms with Gasteiger partial charge in [0.15, 0.2) is 0 Å². The zero-order chi connectivity index (χ0) is 21.5. The molecule has 0 spiro atoms. The molecule has 0 bridgehead atoms. The Morgan fingerprint density at radius 2 is 1.83 bits per heavy atom. The van der Waals surface area contributed by atoms with Crippen LogP contribution in [0.3, 0.4) is 0 Å². The van der Waals surface area contributed by atoms with Crippen LogP contribution in [0.4, 0.5) is 9.18 Å². The van der Waals surface area contributed by atoms with E-state index in [4.69, 9.17) is 18.6 Å². The summed E-state index contributed by atoms with van der Waals surface area (Å²) in [6.07, 6.45) is 0. The van der Waals surface area contributed by atoms with Crippen molar-refractivity contribution in [2.24, 2.45) is 0 Å². The minimum absolute atomic E-state index is 0.0266. The van der Waals surface area contributed by atoms with Gasteiger partial charge in [0.25, 0.3) is 0 Å². The molecular weight excluding hydrogens is 399 g/mol. The molecule has 3 rings (SSSR count). The van der Waals surface area contributed by atoms with Gasteiger partial charge in [-0.05, 0) is 43.3 Å². The molecule has 30 heavy (non-hydrogen) atoms. The van der Waals surface area contributed by atoms with Crippen molar-refractivity contribution < 1.29 is 37.4 Å². The minimum Gasteiger partial charge on any atom is -0.486 e. The molecule has 10 heteroatoms. The summed E-state index contributed by atoms with van der Waals surface area (Å²) < 4.78 is 33.8. The Morgan fingerprint density at radius 3 is 2.57 bits per heavy atom. The van der Waals surface area contributed by atoms with E-state index in [1.807, 2.05) is 0 Å².